The lowest BCUT2D eigenvalue weighted by Gasteiger charge is -2.18. The SMILES string of the molecule is COc1ccc(OC)c([C@H](C)NC(=O)Cn2c(=O)oc3cc(Cl)ccc32)c1. The number of benzene rings is 2. The molecule has 27 heavy (non-hydrogen) atoms. The van der Waals surface area contributed by atoms with Crippen LogP contribution in [0, 0.1) is 0 Å². The standard InChI is InChI=1S/C19H19ClN2O5/c1-11(14-9-13(25-2)5-7-16(14)26-3)21-18(23)10-22-15-6-4-12(20)8-17(15)27-19(22)24/h4-9,11H,10H2,1-3H3,(H,21,23)/t11-/m0/s1. The molecule has 1 atom stereocenters. The number of amides is 1. The number of nitrogens with one attached hydrogen (secondary N) is 1. The van der Waals surface area contributed by atoms with Gasteiger partial charge in [0.05, 0.1) is 25.8 Å². The van der Waals surface area contributed by atoms with E-state index in [9.17, 15) is 9.59 Å². The zero-order valence-corrected chi connectivity index (χ0v) is 15.9. The predicted molar refractivity (Wildman–Crippen MR) is 102 cm³/mol. The van der Waals surface area contributed by atoms with E-state index in [1.165, 1.54) is 10.6 Å². The van der Waals surface area contributed by atoms with Gasteiger partial charge in [-0.05, 0) is 37.3 Å². The maximum absolute atomic E-state index is 12.5. The molecule has 0 unspecified atom stereocenters. The summed E-state index contributed by atoms with van der Waals surface area (Å²) in [5, 5.41) is 3.31. The summed E-state index contributed by atoms with van der Waals surface area (Å²) in [6.07, 6.45) is 0. The predicted octanol–water partition coefficient (Wildman–Crippen LogP) is 3.14. The van der Waals surface area contributed by atoms with E-state index < -0.39 is 5.76 Å². The first-order valence-corrected chi connectivity index (χ1v) is 8.61. The molecule has 1 heterocycles. The molecule has 3 aromatic rings. The molecule has 0 bridgehead atoms. The van der Waals surface area contributed by atoms with Gasteiger partial charge in [-0.1, -0.05) is 11.6 Å². The molecule has 8 heteroatoms. The molecule has 142 valence electrons. The molecule has 0 radical (unpaired) electrons. The Morgan fingerprint density at radius 3 is 2.70 bits per heavy atom. The first-order chi connectivity index (χ1) is 12.9. The summed E-state index contributed by atoms with van der Waals surface area (Å²) in [7, 11) is 3.12. The van der Waals surface area contributed by atoms with Crippen molar-refractivity contribution in [1.29, 1.82) is 0 Å². The Labute approximate surface area is 160 Å². The third-order valence-corrected chi connectivity index (χ3v) is 4.45. The molecule has 3 rings (SSSR count). The number of nitrogens with zero attached hydrogens (tertiary/aromatic N) is 1. The topological polar surface area (TPSA) is 82.7 Å². The number of ether oxygens (including phenoxy) is 2. The Bertz CT molecular complexity index is 1040. The second-order valence-corrected chi connectivity index (χ2v) is 6.40. The van der Waals surface area contributed by atoms with Crippen LogP contribution in [0.3, 0.4) is 0 Å². The maximum Gasteiger partial charge on any atom is 0.420 e. The van der Waals surface area contributed by atoms with Crippen molar-refractivity contribution in [1.82, 2.24) is 9.88 Å². The van der Waals surface area contributed by atoms with Gasteiger partial charge in [-0.15, -0.1) is 0 Å². The summed E-state index contributed by atoms with van der Waals surface area (Å²) in [6.45, 7) is 1.65. The summed E-state index contributed by atoms with van der Waals surface area (Å²) in [4.78, 5) is 24.6. The second-order valence-electron chi connectivity index (χ2n) is 5.96. The fraction of sp³-hybridized carbons (Fsp3) is 0.263. The summed E-state index contributed by atoms with van der Waals surface area (Å²) in [5.41, 5.74) is 1.61. The Morgan fingerprint density at radius 1 is 1.22 bits per heavy atom. The number of aromatic nitrogens is 1. The number of oxazole rings is 1. The fourth-order valence-electron chi connectivity index (χ4n) is 2.88. The van der Waals surface area contributed by atoms with Crippen molar-refractivity contribution in [2.24, 2.45) is 0 Å². The van der Waals surface area contributed by atoms with Crippen LogP contribution in [0.5, 0.6) is 11.5 Å². The van der Waals surface area contributed by atoms with Gasteiger partial charge in [0.25, 0.3) is 0 Å². The Morgan fingerprint density at radius 2 is 2.00 bits per heavy atom. The fourth-order valence-corrected chi connectivity index (χ4v) is 3.04. The summed E-state index contributed by atoms with van der Waals surface area (Å²) >= 11 is 5.90. The van der Waals surface area contributed by atoms with E-state index >= 15 is 0 Å². The molecule has 0 saturated carbocycles. The van der Waals surface area contributed by atoms with Gasteiger partial charge < -0.3 is 19.2 Å². The molecule has 1 N–H and O–H groups in total. The van der Waals surface area contributed by atoms with Crippen molar-refractivity contribution in [3.05, 3.63) is 57.5 Å². The van der Waals surface area contributed by atoms with Crippen LogP contribution in [0.1, 0.15) is 18.5 Å². The molecule has 0 aliphatic heterocycles. The zero-order chi connectivity index (χ0) is 19.6. The average Bonchev–Trinajstić information content (AvgIpc) is 2.95. The third kappa shape index (κ3) is 3.93. The molecule has 1 aromatic heterocycles. The number of carbonyl (C=O) groups is 1. The van der Waals surface area contributed by atoms with Crippen LogP contribution in [-0.4, -0.2) is 24.7 Å². The molecule has 0 fully saturated rings. The van der Waals surface area contributed by atoms with Crippen molar-refractivity contribution >= 4 is 28.6 Å². The largest absolute Gasteiger partial charge is 0.497 e. The van der Waals surface area contributed by atoms with Gasteiger partial charge >= 0.3 is 5.76 Å². The van der Waals surface area contributed by atoms with Crippen LogP contribution >= 0.6 is 11.6 Å². The summed E-state index contributed by atoms with van der Waals surface area (Å²) < 4.78 is 17.0. The van der Waals surface area contributed by atoms with Crippen molar-refractivity contribution in [2.45, 2.75) is 19.5 Å². The number of hydrogen-bond acceptors (Lipinski definition) is 5. The van der Waals surface area contributed by atoms with Crippen LogP contribution < -0.4 is 20.5 Å². The molecule has 0 aliphatic rings. The summed E-state index contributed by atoms with van der Waals surface area (Å²) in [5.74, 6) is 0.325. The van der Waals surface area contributed by atoms with E-state index in [4.69, 9.17) is 25.5 Å². The van der Waals surface area contributed by atoms with Crippen molar-refractivity contribution in [2.75, 3.05) is 14.2 Å². The third-order valence-electron chi connectivity index (χ3n) is 4.21. The molecular formula is C19H19ClN2O5. The molecule has 0 aliphatic carbocycles. The lowest BCUT2D eigenvalue weighted by Crippen LogP contribution is -2.32. The smallest absolute Gasteiger partial charge is 0.420 e. The molecule has 1 amide bonds. The van der Waals surface area contributed by atoms with Gasteiger partial charge in [0, 0.05) is 16.7 Å². The Hall–Kier alpha value is -2.93. The highest BCUT2D eigenvalue weighted by Gasteiger charge is 2.18. The molecule has 0 spiro atoms. The normalized spacial score (nSPS) is 12.0. The Kier molecular flexibility index (Phi) is 5.41. The van der Waals surface area contributed by atoms with E-state index in [0.29, 0.717) is 27.6 Å². The number of hydrogen-bond donors (Lipinski definition) is 1. The minimum atomic E-state index is -0.617. The zero-order valence-electron chi connectivity index (χ0n) is 15.1. The van der Waals surface area contributed by atoms with Crippen molar-refractivity contribution < 1.29 is 18.7 Å². The van der Waals surface area contributed by atoms with Crippen LogP contribution in [0.4, 0.5) is 0 Å². The monoisotopic (exact) mass is 390 g/mol. The van der Waals surface area contributed by atoms with Gasteiger partial charge in [0.15, 0.2) is 5.58 Å². The first-order valence-electron chi connectivity index (χ1n) is 8.23. The number of rotatable bonds is 6. The van der Waals surface area contributed by atoms with E-state index in [0.717, 1.165) is 5.56 Å². The molecule has 0 saturated heterocycles. The average molecular weight is 391 g/mol. The second kappa shape index (κ2) is 7.75. The Balaban J connectivity index is 1.80. The molecule has 2 aromatic carbocycles. The van der Waals surface area contributed by atoms with Crippen LogP contribution in [0.15, 0.2) is 45.6 Å². The number of carbonyl (C=O) groups excluding carboxylic acids is 1. The van der Waals surface area contributed by atoms with Gasteiger partial charge in [-0.2, -0.15) is 0 Å². The minimum absolute atomic E-state index is 0.176. The highest BCUT2D eigenvalue weighted by molar-refractivity contribution is 6.31. The van der Waals surface area contributed by atoms with E-state index in [-0.39, 0.29) is 18.5 Å². The lowest BCUT2D eigenvalue weighted by molar-refractivity contribution is -0.122. The molecule has 7 nitrogen and oxygen atoms in total. The van der Waals surface area contributed by atoms with E-state index in [1.54, 1.807) is 44.6 Å². The molecular weight excluding hydrogens is 372 g/mol. The van der Waals surface area contributed by atoms with Crippen molar-refractivity contribution in [3.63, 3.8) is 0 Å². The quantitative estimate of drug-likeness (QED) is 0.699. The van der Waals surface area contributed by atoms with Gasteiger partial charge in [0.2, 0.25) is 5.91 Å². The van der Waals surface area contributed by atoms with Crippen LogP contribution in [0.25, 0.3) is 11.1 Å². The van der Waals surface area contributed by atoms with Crippen LogP contribution in [-0.2, 0) is 11.3 Å². The maximum atomic E-state index is 12.5. The van der Waals surface area contributed by atoms with Crippen molar-refractivity contribution in [3.8, 4) is 11.5 Å². The summed E-state index contributed by atoms with van der Waals surface area (Å²) in [6, 6.07) is 9.81. The minimum Gasteiger partial charge on any atom is -0.497 e. The number of fused-ring (bicyclic) bond motifs is 1. The van der Waals surface area contributed by atoms with Gasteiger partial charge in [0.1, 0.15) is 18.0 Å². The van der Waals surface area contributed by atoms with E-state index in [1.807, 2.05) is 6.92 Å². The van der Waals surface area contributed by atoms with E-state index in [2.05, 4.69) is 5.32 Å². The van der Waals surface area contributed by atoms with Gasteiger partial charge in [-0.3, -0.25) is 9.36 Å². The highest BCUT2D eigenvalue weighted by Crippen LogP contribution is 2.29. The first kappa shape index (κ1) is 18.8. The number of methoxy groups -OCH3 is 2. The lowest BCUT2D eigenvalue weighted by atomic mass is 10.1. The highest BCUT2D eigenvalue weighted by atomic mass is 35.5. The van der Waals surface area contributed by atoms with Gasteiger partial charge in [-0.25, -0.2) is 4.79 Å². The van der Waals surface area contributed by atoms with Crippen LogP contribution in [0.2, 0.25) is 5.02 Å². The number of halogens is 1.